The highest BCUT2D eigenvalue weighted by Crippen LogP contribution is 2.05. The number of amides is 2. The van der Waals surface area contributed by atoms with Crippen molar-refractivity contribution in [3.8, 4) is 0 Å². The molecule has 0 aliphatic heterocycles. The minimum Gasteiger partial charge on any atom is -0.343 e. The number of nitrogens with two attached hydrogens (primary N) is 1. The Morgan fingerprint density at radius 2 is 1.94 bits per heavy atom. The molecule has 0 fully saturated rings. The van der Waals surface area contributed by atoms with Crippen LogP contribution in [0.25, 0.3) is 0 Å². The molecule has 0 aliphatic rings. The van der Waals surface area contributed by atoms with Gasteiger partial charge in [0.05, 0.1) is 6.54 Å². The molecule has 0 heterocycles. The molecule has 86 valence electrons. The van der Waals surface area contributed by atoms with Crippen LogP contribution in [-0.4, -0.2) is 24.4 Å². The van der Waals surface area contributed by atoms with E-state index in [9.17, 15) is 9.59 Å². The Morgan fingerprint density at radius 3 is 2.50 bits per heavy atom. The first-order valence-electron chi connectivity index (χ1n) is 4.99. The fourth-order valence-electron chi connectivity index (χ4n) is 1.14. The lowest BCUT2D eigenvalue weighted by Crippen LogP contribution is -2.44. The molecule has 0 saturated heterocycles. The number of nitrogens with one attached hydrogen (secondary N) is 2. The normalized spacial score (nSPS) is 11.6. The fourth-order valence-corrected chi connectivity index (χ4v) is 1.14. The maximum absolute atomic E-state index is 11.6. The van der Waals surface area contributed by atoms with Crippen molar-refractivity contribution in [1.82, 2.24) is 5.32 Å². The SMILES string of the molecule is CC(NC(=O)CN)C(=O)Nc1ccccc1. The summed E-state index contributed by atoms with van der Waals surface area (Å²) in [6, 6.07) is 8.44. The summed E-state index contributed by atoms with van der Waals surface area (Å²) in [5.41, 5.74) is 5.82. The minimum atomic E-state index is -0.601. The Balaban J connectivity index is 2.49. The third kappa shape index (κ3) is 3.70. The zero-order valence-electron chi connectivity index (χ0n) is 9.07. The summed E-state index contributed by atoms with van der Waals surface area (Å²) >= 11 is 0. The number of hydrogen-bond acceptors (Lipinski definition) is 3. The summed E-state index contributed by atoms with van der Waals surface area (Å²) in [4.78, 5) is 22.6. The summed E-state index contributed by atoms with van der Waals surface area (Å²) in [5.74, 6) is -0.622. The van der Waals surface area contributed by atoms with Crippen molar-refractivity contribution < 1.29 is 9.59 Å². The van der Waals surface area contributed by atoms with Crippen molar-refractivity contribution in [2.75, 3.05) is 11.9 Å². The van der Waals surface area contributed by atoms with Crippen LogP contribution in [0.15, 0.2) is 30.3 Å². The maximum atomic E-state index is 11.6. The Hall–Kier alpha value is -1.88. The van der Waals surface area contributed by atoms with Crippen LogP contribution in [0.1, 0.15) is 6.92 Å². The third-order valence-corrected chi connectivity index (χ3v) is 2.00. The predicted molar refractivity (Wildman–Crippen MR) is 61.7 cm³/mol. The van der Waals surface area contributed by atoms with Gasteiger partial charge < -0.3 is 16.4 Å². The lowest BCUT2D eigenvalue weighted by atomic mass is 10.2. The summed E-state index contributed by atoms with van der Waals surface area (Å²) < 4.78 is 0. The molecule has 0 aliphatic carbocycles. The van der Waals surface area contributed by atoms with Crippen LogP contribution in [0.3, 0.4) is 0 Å². The van der Waals surface area contributed by atoms with Crippen molar-refractivity contribution in [2.24, 2.45) is 5.73 Å². The van der Waals surface area contributed by atoms with Gasteiger partial charge in [0.15, 0.2) is 0 Å². The smallest absolute Gasteiger partial charge is 0.246 e. The van der Waals surface area contributed by atoms with Crippen molar-refractivity contribution >= 4 is 17.5 Å². The van der Waals surface area contributed by atoms with Gasteiger partial charge in [0.25, 0.3) is 0 Å². The molecule has 16 heavy (non-hydrogen) atoms. The van der Waals surface area contributed by atoms with Gasteiger partial charge in [-0.1, -0.05) is 18.2 Å². The molecule has 0 bridgehead atoms. The average molecular weight is 221 g/mol. The first-order valence-corrected chi connectivity index (χ1v) is 4.99. The molecule has 1 aromatic rings. The summed E-state index contributed by atoms with van der Waals surface area (Å²) in [6.07, 6.45) is 0. The number of anilines is 1. The second kappa shape index (κ2) is 5.87. The van der Waals surface area contributed by atoms with Crippen LogP contribution >= 0.6 is 0 Å². The van der Waals surface area contributed by atoms with Crippen LogP contribution < -0.4 is 16.4 Å². The highest BCUT2D eigenvalue weighted by molar-refractivity contribution is 5.97. The molecule has 1 unspecified atom stereocenters. The second-order valence-electron chi connectivity index (χ2n) is 3.35. The molecule has 2 amide bonds. The summed E-state index contributed by atoms with van der Waals surface area (Å²) in [5, 5.41) is 5.15. The lowest BCUT2D eigenvalue weighted by molar-refractivity contribution is -0.125. The van der Waals surface area contributed by atoms with E-state index < -0.39 is 6.04 Å². The van der Waals surface area contributed by atoms with Gasteiger partial charge in [-0.05, 0) is 19.1 Å². The number of carbonyl (C=O) groups is 2. The lowest BCUT2D eigenvalue weighted by Gasteiger charge is -2.13. The molecule has 0 aromatic heterocycles. The van der Waals surface area contributed by atoms with Gasteiger partial charge in [-0.25, -0.2) is 0 Å². The van der Waals surface area contributed by atoms with Crippen molar-refractivity contribution in [2.45, 2.75) is 13.0 Å². The highest BCUT2D eigenvalue weighted by atomic mass is 16.2. The van der Waals surface area contributed by atoms with Gasteiger partial charge in [0, 0.05) is 5.69 Å². The van der Waals surface area contributed by atoms with E-state index in [0.717, 1.165) is 0 Å². The number of para-hydroxylation sites is 1. The molecule has 5 nitrogen and oxygen atoms in total. The van der Waals surface area contributed by atoms with E-state index in [1.165, 1.54) is 0 Å². The molecular weight excluding hydrogens is 206 g/mol. The van der Waals surface area contributed by atoms with Crippen LogP contribution in [-0.2, 0) is 9.59 Å². The molecule has 5 heteroatoms. The van der Waals surface area contributed by atoms with Crippen LogP contribution in [0.2, 0.25) is 0 Å². The van der Waals surface area contributed by atoms with E-state index in [-0.39, 0.29) is 18.4 Å². The third-order valence-electron chi connectivity index (χ3n) is 2.00. The molecule has 0 radical (unpaired) electrons. The van der Waals surface area contributed by atoms with Crippen molar-refractivity contribution in [3.05, 3.63) is 30.3 Å². The van der Waals surface area contributed by atoms with Gasteiger partial charge in [0.2, 0.25) is 11.8 Å². The van der Waals surface area contributed by atoms with E-state index in [2.05, 4.69) is 10.6 Å². The zero-order valence-corrected chi connectivity index (χ0v) is 9.07. The molecule has 4 N–H and O–H groups in total. The summed E-state index contributed by atoms with van der Waals surface area (Å²) in [7, 11) is 0. The number of benzene rings is 1. The monoisotopic (exact) mass is 221 g/mol. The molecule has 0 saturated carbocycles. The summed E-state index contributed by atoms with van der Waals surface area (Å²) in [6.45, 7) is 1.48. The van der Waals surface area contributed by atoms with E-state index in [1.54, 1.807) is 19.1 Å². The highest BCUT2D eigenvalue weighted by Gasteiger charge is 2.14. The Labute approximate surface area is 94.0 Å². The quantitative estimate of drug-likeness (QED) is 0.673. The maximum Gasteiger partial charge on any atom is 0.246 e. The van der Waals surface area contributed by atoms with Crippen LogP contribution in [0.4, 0.5) is 5.69 Å². The van der Waals surface area contributed by atoms with Gasteiger partial charge in [-0.2, -0.15) is 0 Å². The van der Waals surface area contributed by atoms with Crippen molar-refractivity contribution in [1.29, 1.82) is 0 Å². The standard InChI is InChI=1S/C11H15N3O2/c1-8(13-10(15)7-12)11(16)14-9-5-3-2-4-6-9/h2-6,8H,7,12H2,1H3,(H,13,15)(H,14,16). The second-order valence-corrected chi connectivity index (χ2v) is 3.35. The van der Waals surface area contributed by atoms with Crippen molar-refractivity contribution in [3.63, 3.8) is 0 Å². The number of rotatable bonds is 4. The first-order chi connectivity index (χ1) is 7.63. The van der Waals surface area contributed by atoms with Crippen LogP contribution in [0, 0.1) is 0 Å². The predicted octanol–water partition coefficient (Wildman–Crippen LogP) is 0.0885. The molecule has 1 rings (SSSR count). The first kappa shape index (κ1) is 12.2. The number of carbonyl (C=O) groups excluding carboxylic acids is 2. The Bertz CT molecular complexity index is 365. The van der Waals surface area contributed by atoms with E-state index in [1.807, 2.05) is 18.2 Å². The van der Waals surface area contributed by atoms with Gasteiger partial charge in [0.1, 0.15) is 6.04 Å². The zero-order chi connectivity index (χ0) is 12.0. The average Bonchev–Trinajstić information content (AvgIpc) is 2.30. The van der Waals surface area contributed by atoms with Gasteiger partial charge >= 0.3 is 0 Å². The number of hydrogen-bond donors (Lipinski definition) is 3. The molecule has 0 spiro atoms. The fraction of sp³-hybridized carbons (Fsp3) is 0.273. The Kier molecular flexibility index (Phi) is 4.47. The van der Waals surface area contributed by atoms with Crippen LogP contribution in [0.5, 0.6) is 0 Å². The van der Waals surface area contributed by atoms with E-state index in [0.29, 0.717) is 5.69 Å². The topological polar surface area (TPSA) is 84.2 Å². The minimum absolute atomic E-state index is 0.122. The molecular formula is C11H15N3O2. The molecule has 1 aromatic carbocycles. The van der Waals surface area contributed by atoms with E-state index in [4.69, 9.17) is 5.73 Å². The largest absolute Gasteiger partial charge is 0.343 e. The Morgan fingerprint density at radius 1 is 1.31 bits per heavy atom. The van der Waals surface area contributed by atoms with Gasteiger partial charge in [-0.15, -0.1) is 0 Å². The van der Waals surface area contributed by atoms with Gasteiger partial charge in [-0.3, -0.25) is 9.59 Å². The molecule has 1 atom stereocenters. The van der Waals surface area contributed by atoms with E-state index >= 15 is 0 Å².